The van der Waals surface area contributed by atoms with E-state index in [-0.39, 0.29) is 0 Å². The van der Waals surface area contributed by atoms with Crippen LogP contribution in [0.1, 0.15) is 13.8 Å². The quantitative estimate of drug-likeness (QED) is 0.380. The fourth-order valence-corrected chi connectivity index (χ4v) is 2.22. The zero-order valence-corrected chi connectivity index (χ0v) is 14.3. The first kappa shape index (κ1) is 15.8. The summed E-state index contributed by atoms with van der Waals surface area (Å²) in [6.07, 6.45) is 1.71. The monoisotopic (exact) mass is 332 g/mol. The van der Waals surface area contributed by atoms with E-state index < -0.39 is 0 Å². The van der Waals surface area contributed by atoms with Gasteiger partial charge in [0, 0.05) is 0 Å². The molecule has 0 spiro atoms. The van der Waals surface area contributed by atoms with Crippen molar-refractivity contribution < 1.29 is 0 Å². The Balaban J connectivity index is 2.68. The third-order valence-electron chi connectivity index (χ3n) is 2.14. The maximum atomic E-state index is 4.20. The van der Waals surface area contributed by atoms with E-state index in [1.165, 1.54) is 17.4 Å². The van der Waals surface area contributed by atoms with Gasteiger partial charge in [-0.1, -0.05) is 0 Å². The van der Waals surface area contributed by atoms with Gasteiger partial charge in [0.25, 0.3) is 0 Å². The number of nitrogens with one attached hydrogen (secondary N) is 2. The van der Waals surface area contributed by atoms with Crippen molar-refractivity contribution in [3.8, 4) is 0 Å². The summed E-state index contributed by atoms with van der Waals surface area (Å²) in [5.74, 6) is 0.695. The third kappa shape index (κ3) is 5.95. The first-order valence-corrected chi connectivity index (χ1v) is 9.40. The van der Waals surface area contributed by atoms with Gasteiger partial charge in [-0.3, -0.25) is 0 Å². The van der Waals surface area contributed by atoms with Crippen molar-refractivity contribution in [3.05, 3.63) is 24.4 Å². The molecule has 98 valence electrons. The molecule has 0 amide bonds. The molecule has 0 aliphatic heterocycles. The van der Waals surface area contributed by atoms with Gasteiger partial charge in [-0.15, -0.1) is 0 Å². The van der Waals surface area contributed by atoms with Crippen molar-refractivity contribution in [3.63, 3.8) is 0 Å². The molecular formula is C11H15GaN6S. The normalized spacial score (nSPS) is 13.3. The SMILES string of the molecule is CN/C(=N/N=C(C)/C(C)=N/Nc1ccccn1)[S][Ga]. The van der Waals surface area contributed by atoms with Gasteiger partial charge < -0.3 is 0 Å². The van der Waals surface area contributed by atoms with Gasteiger partial charge in [0.2, 0.25) is 0 Å². The van der Waals surface area contributed by atoms with Crippen molar-refractivity contribution in [2.45, 2.75) is 13.8 Å². The molecule has 8 heteroatoms. The third-order valence-corrected chi connectivity index (χ3v) is 4.06. The van der Waals surface area contributed by atoms with Gasteiger partial charge in [-0.05, 0) is 0 Å². The number of hydrogen-bond acceptors (Lipinski definition) is 6. The number of amidine groups is 1. The molecule has 1 rings (SSSR count). The Hall–Kier alpha value is -1.25. The predicted molar refractivity (Wildman–Crippen MR) is 83.9 cm³/mol. The molecule has 0 unspecified atom stereocenters. The summed E-state index contributed by atoms with van der Waals surface area (Å²) in [4.78, 5) is 4.11. The molecule has 6 nitrogen and oxygen atoms in total. The summed E-state index contributed by atoms with van der Waals surface area (Å²) in [7, 11) is 3.38. The second kappa shape index (κ2) is 8.78. The van der Waals surface area contributed by atoms with Crippen molar-refractivity contribution in [2.75, 3.05) is 12.5 Å². The fraction of sp³-hybridized carbons (Fsp3) is 0.273. The molecule has 0 aliphatic carbocycles. The summed E-state index contributed by atoms with van der Waals surface area (Å²) in [6, 6.07) is 5.59. The fourth-order valence-electron chi connectivity index (χ4n) is 0.976. The van der Waals surface area contributed by atoms with Gasteiger partial charge in [0.05, 0.1) is 0 Å². The van der Waals surface area contributed by atoms with E-state index >= 15 is 0 Å². The van der Waals surface area contributed by atoms with Crippen LogP contribution < -0.4 is 10.7 Å². The molecule has 19 heavy (non-hydrogen) atoms. The zero-order valence-electron chi connectivity index (χ0n) is 11.1. The number of rotatable bonds is 4. The molecule has 0 fully saturated rings. The van der Waals surface area contributed by atoms with Crippen LogP contribution in [0.5, 0.6) is 0 Å². The molecule has 0 atom stereocenters. The number of nitrogens with zero attached hydrogens (tertiary/aromatic N) is 4. The van der Waals surface area contributed by atoms with Gasteiger partial charge >= 0.3 is 126 Å². The van der Waals surface area contributed by atoms with Gasteiger partial charge in [-0.2, -0.15) is 0 Å². The van der Waals surface area contributed by atoms with Crippen molar-refractivity contribution >= 4 is 49.5 Å². The van der Waals surface area contributed by atoms with Crippen LogP contribution in [0.3, 0.4) is 0 Å². The van der Waals surface area contributed by atoms with E-state index in [2.05, 4.69) is 31.0 Å². The maximum absolute atomic E-state index is 4.20. The van der Waals surface area contributed by atoms with E-state index in [1.807, 2.05) is 39.1 Å². The van der Waals surface area contributed by atoms with Crippen molar-refractivity contribution in [1.82, 2.24) is 10.3 Å². The molecule has 0 bridgehead atoms. The Morgan fingerprint density at radius 1 is 1.26 bits per heavy atom. The minimum atomic E-state index is 0.695. The van der Waals surface area contributed by atoms with Gasteiger partial charge in [-0.25, -0.2) is 0 Å². The number of pyridine rings is 1. The standard InChI is InChI=1S/C11H16N6S.Ga/c1-8(9(2)15-17-11(18)12-3)14-16-10-6-4-5-7-13-10;/h4-7H,1-3H3,(H,13,16)(H2,12,17,18);/q;+1/p-1/b14-8+,15-9+;. The second-order valence-corrected chi connectivity index (χ2v) is 5.59. The van der Waals surface area contributed by atoms with Crippen LogP contribution in [0.15, 0.2) is 39.7 Å². The van der Waals surface area contributed by atoms with E-state index in [9.17, 15) is 0 Å². The van der Waals surface area contributed by atoms with Crippen molar-refractivity contribution in [1.29, 1.82) is 0 Å². The zero-order chi connectivity index (χ0) is 14.1. The average Bonchev–Trinajstić information content (AvgIpc) is 2.46. The molecule has 1 heterocycles. The summed E-state index contributed by atoms with van der Waals surface area (Å²) >= 11 is 1.50. The van der Waals surface area contributed by atoms with E-state index in [4.69, 9.17) is 0 Å². The Kier molecular flexibility index (Phi) is 7.30. The topological polar surface area (TPSA) is 74.0 Å². The summed E-state index contributed by atoms with van der Waals surface area (Å²) in [5.41, 5.74) is 4.38. The number of hydrogen-bond donors (Lipinski definition) is 2. The van der Waals surface area contributed by atoms with Crippen LogP contribution in [0, 0.1) is 0 Å². The van der Waals surface area contributed by atoms with Crippen LogP contribution in [0.2, 0.25) is 0 Å². The summed E-state index contributed by atoms with van der Waals surface area (Å²) in [6.45, 7) is 3.73. The Labute approximate surface area is 126 Å². The summed E-state index contributed by atoms with van der Waals surface area (Å²) < 4.78 is 0. The van der Waals surface area contributed by atoms with Crippen LogP contribution in [0.4, 0.5) is 5.82 Å². The molecule has 0 saturated heterocycles. The average molecular weight is 333 g/mol. The van der Waals surface area contributed by atoms with Gasteiger partial charge in [0.15, 0.2) is 0 Å². The molecule has 0 aromatic carbocycles. The van der Waals surface area contributed by atoms with Gasteiger partial charge in [0.1, 0.15) is 0 Å². The first-order chi connectivity index (χ1) is 9.17. The van der Waals surface area contributed by atoms with E-state index in [1.54, 1.807) is 15.9 Å². The second-order valence-electron chi connectivity index (χ2n) is 3.48. The first-order valence-electron chi connectivity index (χ1n) is 5.55. The Bertz CT molecular complexity index is 479. The molecule has 1 aromatic heterocycles. The van der Waals surface area contributed by atoms with E-state index in [0.29, 0.717) is 5.82 Å². The molecule has 0 saturated carbocycles. The number of anilines is 1. The molecule has 0 aliphatic rings. The number of hydrazone groups is 1. The minimum absolute atomic E-state index is 0.695. The van der Waals surface area contributed by atoms with E-state index in [0.717, 1.165) is 16.6 Å². The number of aromatic nitrogens is 1. The van der Waals surface area contributed by atoms with Crippen LogP contribution in [0.25, 0.3) is 0 Å². The summed E-state index contributed by atoms with van der Waals surface area (Å²) in [5, 5.41) is 16.1. The molecular weight excluding hydrogens is 318 g/mol. The molecule has 2 N–H and O–H groups in total. The van der Waals surface area contributed by atoms with Crippen LogP contribution in [-0.4, -0.2) is 46.0 Å². The predicted octanol–water partition coefficient (Wildman–Crippen LogP) is 1.64. The molecule has 2 radical (unpaired) electrons. The Morgan fingerprint density at radius 2 is 2.05 bits per heavy atom. The van der Waals surface area contributed by atoms with Crippen LogP contribution >= 0.6 is 9.70 Å². The molecule has 1 aromatic rings. The van der Waals surface area contributed by atoms with Crippen LogP contribution in [-0.2, 0) is 0 Å². The Morgan fingerprint density at radius 3 is 2.63 bits per heavy atom. The van der Waals surface area contributed by atoms with Crippen molar-refractivity contribution in [2.24, 2.45) is 15.3 Å².